The number of anilines is 1. The summed E-state index contributed by atoms with van der Waals surface area (Å²) in [6, 6.07) is 9.17. The van der Waals surface area contributed by atoms with Gasteiger partial charge in [-0.05, 0) is 48.4 Å². The molecule has 2 aliphatic heterocycles. The van der Waals surface area contributed by atoms with Crippen LogP contribution in [-0.2, 0) is 31.4 Å². The lowest BCUT2D eigenvalue weighted by Gasteiger charge is -2.17. The average molecular weight is 453 g/mol. The van der Waals surface area contributed by atoms with Gasteiger partial charge in [-0.15, -0.1) is 0 Å². The van der Waals surface area contributed by atoms with Crippen LogP contribution in [0.4, 0.5) is 5.69 Å². The molecule has 0 aliphatic carbocycles. The summed E-state index contributed by atoms with van der Waals surface area (Å²) in [6.07, 6.45) is 0. The van der Waals surface area contributed by atoms with Gasteiger partial charge in [-0.1, -0.05) is 13.0 Å². The predicted octanol–water partition coefficient (Wildman–Crippen LogP) is 1.51. The zero-order valence-corrected chi connectivity index (χ0v) is 17.9. The summed E-state index contributed by atoms with van der Waals surface area (Å²) in [5.74, 6) is -0.262. The molecule has 30 heavy (non-hydrogen) atoms. The summed E-state index contributed by atoms with van der Waals surface area (Å²) < 4.78 is 63.9. The number of carbonyl (C=O) groups is 1. The van der Waals surface area contributed by atoms with Gasteiger partial charge in [0.2, 0.25) is 32.7 Å². The second kappa shape index (κ2) is 7.25. The number of aryl methyl sites for hydroxylation is 1. The number of ether oxygens (including phenoxy) is 2. The summed E-state index contributed by atoms with van der Waals surface area (Å²) in [6.45, 7) is 3.27. The zero-order chi connectivity index (χ0) is 21.7. The van der Waals surface area contributed by atoms with Crippen molar-refractivity contribution in [3.63, 3.8) is 0 Å². The Balaban J connectivity index is 1.55. The summed E-state index contributed by atoms with van der Waals surface area (Å²) in [4.78, 5) is 12.3. The molecule has 2 aromatic rings. The van der Waals surface area contributed by atoms with Crippen LogP contribution in [-0.4, -0.2) is 35.3 Å². The Hall–Kier alpha value is -2.63. The molecule has 2 heterocycles. The summed E-state index contributed by atoms with van der Waals surface area (Å²) in [7, 11) is -7.63. The van der Waals surface area contributed by atoms with E-state index in [1.165, 1.54) is 18.2 Å². The fourth-order valence-corrected chi connectivity index (χ4v) is 6.51. The molecule has 1 atom stereocenters. The van der Waals surface area contributed by atoms with E-state index in [1.54, 1.807) is 32.0 Å². The van der Waals surface area contributed by atoms with Gasteiger partial charge in [0.25, 0.3) is 0 Å². The molecular weight excluding hydrogens is 432 g/mol. The minimum Gasteiger partial charge on any atom is -0.454 e. The number of nitrogens with zero attached hydrogens (tertiary/aromatic N) is 1. The Bertz CT molecular complexity index is 1240. The van der Waals surface area contributed by atoms with Gasteiger partial charge in [0.05, 0.1) is 22.3 Å². The number of amides is 1. The van der Waals surface area contributed by atoms with Gasteiger partial charge >= 0.3 is 0 Å². The van der Waals surface area contributed by atoms with E-state index < -0.39 is 31.9 Å². The van der Waals surface area contributed by atoms with Crippen LogP contribution in [0.2, 0.25) is 0 Å². The Morgan fingerprint density at radius 3 is 2.53 bits per heavy atom. The van der Waals surface area contributed by atoms with E-state index >= 15 is 0 Å². The Labute approximate surface area is 174 Å². The first-order valence-electron chi connectivity index (χ1n) is 9.14. The third-order valence-corrected chi connectivity index (χ3v) is 8.38. The van der Waals surface area contributed by atoms with Crippen LogP contribution in [0.3, 0.4) is 0 Å². The first kappa shape index (κ1) is 20.6. The maximum Gasteiger partial charge on any atom is 0.244 e. The number of hydrogen-bond donors (Lipinski definition) is 1. The maximum absolute atomic E-state index is 12.8. The summed E-state index contributed by atoms with van der Waals surface area (Å²) in [5, 5.41) is 0. The van der Waals surface area contributed by atoms with Crippen LogP contribution in [0.25, 0.3) is 0 Å². The molecule has 9 nitrogen and oxygen atoms in total. The molecule has 0 bridgehead atoms. The Kier molecular flexibility index (Phi) is 4.99. The van der Waals surface area contributed by atoms with E-state index in [2.05, 4.69) is 4.72 Å². The number of fused-ring (bicyclic) bond motifs is 1. The second-order valence-electron chi connectivity index (χ2n) is 7.24. The van der Waals surface area contributed by atoms with Crippen LogP contribution in [0.1, 0.15) is 18.1 Å². The number of carbonyl (C=O) groups excluding carboxylic acids is 1. The highest BCUT2D eigenvalue weighted by Crippen LogP contribution is 2.33. The lowest BCUT2D eigenvalue weighted by molar-refractivity contribution is -0.119. The lowest BCUT2D eigenvalue weighted by atomic mass is 10.2. The van der Waals surface area contributed by atoms with Crippen molar-refractivity contribution in [2.45, 2.75) is 25.3 Å². The van der Waals surface area contributed by atoms with Crippen molar-refractivity contribution in [2.24, 2.45) is 5.92 Å². The lowest BCUT2D eigenvalue weighted by Crippen LogP contribution is -2.30. The van der Waals surface area contributed by atoms with E-state index in [0.717, 1.165) is 4.31 Å². The highest BCUT2D eigenvalue weighted by molar-refractivity contribution is 7.94. The van der Waals surface area contributed by atoms with Crippen LogP contribution in [0.5, 0.6) is 11.5 Å². The van der Waals surface area contributed by atoms with Gasteiger partial charge < -0.3 is 9.47 Å². The molecule has 2 aromatic carbocycles. The molecule has 0 spiro atoms. The number of sulfonamides is 2. The van der Waals surface area contributed by atoms with Gasteiger partial charge in [-0.2, -0.15) is 0 Å². The van der Waals surface area contributed by atoms with Crippen molar-refractivity contribution in [3.05, 3.63) is 47.5 Å². The van der Waals surface area contributed by atoms with Crippen LogP contribution in [0, 0.1) is 12.8 Å². The van der Waals surface area contributed by atoms with Crippen molar-refractivity contribution in [2.75, 3.05) is 16.9 Å². The monoisotopic (exact) mass is 452 g/mol. The van der Waals surface area contributed by atoms with Crippen molar-refractivity contribution < 1.29 is 31.1 Å². The number of hydrogen-bond acceptors (Lipinski definition) is 7. The minimum atomic E-state index is -3.87. The first-order valence-corrected chi connectivity index (χ1v) is 12.2. The molecule has 160 valence electrons. The maximum atomic E-state index is 12.8. The van der Waals surface area contributed by atoms with Crippen molar-refractivity contribution in [1.29, 1.82) is 0 Å². The van der Waals surface area contributed by atoms with Gasteiger partial charge in [-0.3, -0.25) is 4.79 Å². The molecule has 1 saturated heterocycles. The van der Waals surface area contributed by atoms with Gasteiger partial charge in [-0.25, -0.2) is 25.9 Å². The third-order valence-electron chi connectivity index (χ3n) is 4.95. The highest BCUT2D eigenvalue weighted by Gasteiger charge is 2.42. The molecule has 2 aliphatic rings. The molecule has 0 aromatic heterocycles. The summed E-state index contributed by atoms with van der Waals surface area (Å²) in [5.41, 5.74) is 1.16. The van der Waals surface area contributed by atoms with Gasteiger partial charge in [0.1, 0.15) is 0 Å². The molecule has 1 fully saturated rings. The summed E-state index contributed by atoms with van der Waals surface area (Å²) >= 11 is 0. The van der Waals surface area contributed by atoms with E-state index in [4.69, 9.17) is 9.47 Å². The van der Waals surface area contributed by atoms with Crippen LogP contribution in [0.15, 0.2) is 41.3 Å². The van der Waals surface area contributed by atoms with Crippen molar-refractivity contribution >= 4 is 31.6 Å². The Morgan fingerprint density at radius 2 is 1.87 bits per heavy atom. The molecule has 11 heteroatoms. The number of rotatable bonds is 5. The zero-order valence-electron chi connectivity index (χ0n) is 16.3. The number of benzene rings is 2. The minimum absolute atomic E-state index is 0.00378. The molecule has 1 unspecified atom stereocenters. The quantitative estimate of drug-likeness (QED) is 0.730. The molecule has 4 rings (SSSR count). The molecule has 1 N–H and O–H groups in total. The molecule has 1 amide bonds. The third kappa shape index (κ3) is 3.64. The SMILES string of the molecule is Cc1cc(N2C(=O)C(C)CS2(=O)=O)ccc1S(=O)(=O)NCc1ccc2c(c1)OCO2. The molecule has 0 radical (unpaired) electrons. The smallest absolute Gasteiger partial charge is 0.244 e. The highest BCUT2D eigenvalue weighted by atomic mass is 32.2. The number of nitrogens with one attached hydrogen (secondary N) is 1. The van der Waals surface area contributed by atoms with Gasteiger partial charge in [0.15, 0.2) is 11.5 Å². The fraction of sp³-hybridized carbons (Fsp3) is 0.316. The van der Waals surface area contributed by atoms with Crippen LogP contribution < -0.4 is 18.5 Å². The molecule has 0 saturated carbocycles. The normalized spacial score (nSPS) is 20.0. The Morgan fingerprint density at radius 1 is 1.13 bits per heavy atom. The fourth-order valence-electron chi connectivity index (χ4n) is 3.46. The van der Waals surface area contributed by atoms with E-state index in [0.29, 0.717) is 22.6 Å². The van der Waals surface area contributed by atoms with Crippen LogP contribution >= 0.6 is 0 Å². The van der Waals surface area contributed by atoms with Crippen molar-refractivity contribution in [1.82, 2.24) is 4.72 Å². The van der Waals surface area contributed by atoms with E-state index in [1.807, 2.05) is 0 Å². The largest absolute Gasteiger partial charge is 0.454 e. The van der Waals surface area contributed by atoms with Gasteiger partial charge in [0, 0.05) is 6.54 Å². The first-order chi connectivity index (χ1) is 14.1. The topological polar surface area (TPSA) is 119 Å². The van der Waals surface area contributed by atoms with E-state index in [9.17, 15) is 21.6 Å². The standard InChI is InChI=1S/C19H20N2O7S2/c1-12-7-15(21-19(22)13(2)10-29(21,23)24)4-6-18(12)30(25,26)20-9-14-3-5-16-17(8-14)28-11-27-16/h3-8,13,20H,9-11H2,1-2H3. The predicted molar refractivity (Wildman–Crippen MR) is 108 cm³/mol. The average Bonchev–Trinajstić information content (AvgIpc) is 3.21. The second-order valence-corrected chi connectivity index (χ2v) is 10.8. The molecular formula is C19H20N2O7S2. The van der Waals surface area contributed by atoms with E-state index in [-0.39, 0.29) is 29.7 Å². The van der Waals surface area contributed by atoms with Crippen molar-refractivity contribution in [3.8, 4) is 11.5 Å².